The summed E-state index contributed by atoms with van der Waals surface area (Å²) in [4.78, 5) is 22.7. The van der Waals surface area contributed by atoms with Crippen LogP contribution in [0.5, 0.6) is 0 Å². The summed E-state index contributed by atoms with van der Waals surface area (Å²) in [6, 6.07) is 0. The van der Waals surface area contributed by atoms with E-state index in [0.29, 0.717) is 32.2 Å². The van der Waals surface area contributed by atoms with Crippen LogP contribution < -0.4 is 5.32 Å². The summed E-state index contributed by atoms with van der Waals surface area (Å²) in [5.74, 6) is -1.39. The summed E-state index contributed by atoms with van der Waals surface area (Å²) in [5, 5.41) is 20.6. The molecular weight excluding hydrogens is 234 g/mol. The third kappa shape index (κ3) is 4.29. The number of amides is 1. The number of aliphatic hydroxyl groups is 1. The fourth-order valence-electron chi connectivity index (χ4n) is 2.31. The molecule has 5 heteroatoms. The van der Waals surface area contributed by atoms with Gasteiger partial charge >= 0.3 is 5.97 Å². The normalized spacial score (nSPS) is 23.9. The van der Waals surface area contributed by atoms with E-state index in [1.165, 1.54) is 0 Å². The first-order chi connectivity index (χ1) is 8.35. The number of carboxylic acid groups (broad SMARTS) is 1. The first-order valence-electron chi connectivity index (χ1n) is 6.47. The molecule has 0 radical (unpaired) electrons. The van der Waals surface area contributed by atoms with Gasteiger partial charge in [-0.15, -0.1) is 0 Å². The van der Waals surface area contributed by atoms with Gasteiger partial charge in [-0.1, -0.05) is 13.8 Å². The molecule has 0 aromatic rings. The van der Waals surface area contributed by atoms with Crippen LogP contribution in [0, 0.1) is 17.3 Å². The molecule has 0 saturated heterocycles. The number of carbonyl (C=O) groups excluding carboxylic acids is 1. The van der Waals surface area contributed by atoms with Crippen molar-refractivity contribution in [1.29, 1.82) is 0 Å². The number of hydrogen-bond acceptors (Lipinski definition) is 3. The number of carbonyl (C=O) groups is 2. The Balaban J connectivity index is 2.36. The maximum absolute atomic E-state index is 11.9. The molecule has 5 nitrogen and oxygen atoms in total. The van der Waals surface area contributed by atoms with Crippen LogP contribution in [-0.2, 0) is 9.59 Å². The van der Waals surface area contributed by atoms with Gasteiger partial charge in [0.25, 0.3) is 0 Å². The van der Waals surface area contributed by atoms with Gasteiger partial charge < -0.3 is 15.5 Å². The molecule has 2 atom stereocenters. The van der Waals surface area contributed by atoms with Crippen molar-refractivity contribution in [2.24, 2.45) is 17.3 Å². The van der Waals surface area contributed by atoms with E-state index in [9.17, 15) is 9.59 Å². The van der Waals surface area contributed by atoms with Gasteiger partial charge in [0.2, 0.25) is 5.91 Å². The number of aliphatic carboxylic acids is 1. The SMILES string of the molecule is CC(C)(CCO)CNC(=O)[C@@H]1CC[C@H](C(=O)O)C1. The molecule has 3 N–H and O–H groups in total. The lowest BCUT2D eigenvalue weighted by Crippen LogP contribution is -2.37. The van der Waals surface area contributed by atoms with Crippen molar-refractivity contribution in [3.05, 3.63) is 0 Å². The van der Waals surface area contributed by atoms with Crippen LogP contribution in [0.1, 0.15) is 39.5 Å². The lowest BCUT2D eigenvalue weighted by molar-refractivity contribution is -0.141. The van der Waals surface area contributed by atoms with Crippen molar-refractivity contribution in [3.63, 3.8) is 0 Å². The smallest absolute Gasteiger partial charge is 0.306 e. The minimum absolute atomic E-state index is 0.0511. The minimum Gasteiger partial charge on any atom is -0.481 e. The lowest BCUT2D eigenvalue weighted by atomic mass is 9.89. The van der Waals surface area contributed by atoms with E-state index in [0.717, 1.165) is 0 Å². The molecule has 1 rings (SSSR count). The lowest BCUT2D eigenvalue weighted by Gasteiger charge is -2.24. The zero-order valence-corrected chi connectivity index (χ0v) is 11.1. The van der Waals surface area contributed by atoms with Gasteiger partial charge in [0.05, 0.1) is 5.92 Å². The highest BCUT2D eigenvalue weighted by molar-refractivity contribution is 5.80. The van der Waals surface area contributed by atoms with Crippen molar-refractivity contribution >= 4 is 11.9 Å². The highest BCUT2D eigenvalue weighted by atomic mass is 16.4. The molecular formula is C13H23NO4. The molecule has 0 heterocycles. The van der Waals surface area contributed by atoms with Gasteiger partial charge in [-0.2, -0.15) is 0 Å². The first-order valence-corrected chi connectivity index (χ1v) is 6.47. The molecule has 1 fully saturated rings. The third-order valence-corrected chi connectivity index (χ3v) is 3.68. The van der Waals surface area contributed by atoms with Crippen LogP contribution in [0.15, 0.2) is 0 Å². The van der Waals surface area contributed by atoms with Crippen molar-refractivity contribution in [1.82, 2.24) is 5.32 Å². The van der Waals surface area contributed by atoms with Gasteiger partial charge in [-0.3, -0.25) is 9.59 Å². The number of rotatable bonds is 6. The molecule has 0 aromatic carbocycles. The van der Waals surface area contributed by atoms with Crippen LogP contribution in [0.4, 0.5) is 0 Å². The van der Waals surface area contributed by atoms with E-state index in [1.807, 2.05) is 13.8 Å². The van der Waals surface area contributed by atoms with Gasteiger partial charge in [0.1, 0.15) is 0 Å². The molecule has 18 heavy (non-hydrogen) atoms. The Morgan fingerprint density at radius 3 is 2.39 bits per heavy atom. The zero-order valence-electron chi connectivity index (χ0n) is 11.1. The van der Waals surface area contributed by atoms with Gasteiger partial charge in [-0.05, 0) is 31.1 Å². The number of carboxylic acids is 1. The van der Waals surface area contributed by atoms with Crippen LogP contribution in [0.3, 0.4) is 0 Å². The molecule has 0 spiro atoms. The zero-order chi connectivity index (χ0) is 13.8. The monoisotopic (exact) mass is 257 g/mol. The van der Waals surface area contributed by atoms with Gasteiger partial charge in [0.15, 0.2) is 0 Å². The highest BCUT2D eigenvalue weighted by Gasteiger charge is 2.34. The maximum Gasteiger partial charge on any atom is 0.306 e. The van der Waals surface area contributed by atoms with E-state index in [1.54, 1.807) is 0 Å². The highest BCUT2D eigenvalue weighted by Crippen LogP contribution is 2.31. The molecule has 1 saturated carbocycles. The third-order valence-electron chi connectivity index (χ3n) is 3.68. The summed E-state index contributed by atoms with van der Waals surface area (Å²) in [5.41, 5.74) is -0.130. The average Bonchev–Trinajstić information content (AvgIpc) is 2.75. The Kier molecular flexibility index (Phi) is 5.14. The maximum atomic E-state index is 11.9. The largest absolute Gasteiger partial charge is 0.481 e. The molecule has 0 bridgehead atoms. The summed E-state index contributed by atoms with van der Waals surface area (Å²) in [6.45, 7) is 4.59. The first kappa shape index (κ1) is 15.0. The molecule has 0 aromatic heterocycles. The second-order valence-corrected chi connectivity index (χ2v) is 5.90. The number of aliphatic hydroxyl groups excluding tert-OH is 1. The molecule has 1 aliphatic rings. The van der Waals surface area contributed by atoms with E-state index in [2.05, 4.69) is 5.32 Å². The quantitative estimate of drug-likeness (QED) is 0.663. The van der Waals surface area contributed by atoms with Crippen molar-refractivity contribution in [2.45, 2.75) is 39.5 Å². The predicted molar refractivity (Wildman–Crippen MR) is 67.0 cm³/mol. The van der Waals surface area contributed by atoms with E-state index in [4.69, 9.17) is 10.2 Å². The second-order valence-electron chi connectivity index (χ2n) is 5.90. The van der Waals surface area contributed by atoms with E-state index in [-0.39, 0.29) is 29.8 Å². The standard InChI is InChI=1S/C13H23NO4/c1-13(2,5-6-15)8-14-11(16)9-3-4-10(7-9)12(17)18/h9-10,15H,3-8H2,1-2H3,(H,14,16)(H,17,18)/t9-,10+/m1/s1. The summed E-state index contributed by atoms with van der Waals surface area (Å²) in [7, 11) is 0. The fraction of sp³-hybridized carbons (Fsp3) is 0.846. The Morgan fingerprint density at radius 2 is 1.89 bits per heavy atom. The Morgan fingerprint density at radius 1 is 1.28 bits per heavy atom. The molecule has 0 aliphatic heterocycles. The molecule has 1 amide bonds. The molecule has 1 aliphatic carbocycles. The molecule has 104 valence electrons. The summed E-state index contributed by atoms with van der Waals surface area (Å²) in [6.07, 6.45) is 2.33. The van der Waals surface area contributed by atoms with E-state index >= 15 is 0 Å². The number of nitrogens with one attached hydrogen (secondary N) is 1. The average molecular weight is 257 g/mol. The Hall–Kier alpha value is -1.10. The van der Waals surface area contributed by atoms with Gasteiger partial charge in [0, 0.05) is 19.1 Å². The van der Waals surface area contributed by atoms with Crippen molar-refractivity contribution in [3.8, 4) is 0 Å². The topological polar surface area (TPSA) is 86.6 Å². The number of hydrogen-bond donors (Lipinski definition) is 3. The van der Waals surface area contributed by atoms with Gasteiger partial charge in [-0.25, -0.2) is 0 Å². The second kappa shape index (κ2) is 6.18. The Labute approximate surface area is 108 Å². The summed E-state index contributed by atoms with van der Waals surface area (Å²) >= 11 is 0. The predicted octanol–water partition coefficient (Wildman–Crippen LogP) is 1.01. The van der Waals surface area contributed by atoms with Crippen LogP contribution in [0.25, 0.3) is 0 Å². The van der Waals surface area contributed by atoms with Crippen LogP contribution in [-0.4, -0.2) is 35.2 Å². The molecule has 0 unspecified atom stereocenters. The van der Waals surface area contributed by atoms with Crippen LogP contribution in [0.2, 0.25) is 0 Å². The van der Waals surface area contributed by atoms with E-state index < -0.39 is 5.97 Å². The Bertz CT molecular complexity index is 314. The van der Waals surface area contributed by atoms with Crippen molar-refractivity contribution < 1.29 is 19.8 Å². The fourth-order valence-corrected chi connectivity index (χ4v) is 2.31. The minimum atomic E-state index is -0.800. The summed E-state index contributed by atoms with van der Waals surface area (Å²) < 4.78 is 0. The van der Waals surface area contributed by atoms with Crippen molar-refractivity contribution in [2.75, 3.05) is 13.2 Å². The van der Waals surface area contributed by atoms with Crippen LogP contribution >= 0.6 is 0 Å².